The largest absolute Gasteiger partial charge is 0.328 e. The smallest absolute Gasteiger partial charge is 0.229 e. The molecule has 1 heterocycles. The fourth-order valence-corrected chi connectivity index (χ4v) is 2.39. The van der Waals surface area contributed by atoms with E-state index in [-0.39, 0.29) is 17.9 Å². The van der Waals surface area contributed by atoms with Gasteiger partial charge in [0.15, 0.2) is 0 Å². The average Bonchev–Trinajstić information content (AvgIpc) is 2.75. The van der Waals surface area contributed by atoms with Crippen molar-refractivity contribution in [3.05, 3.63) is 5.82 Å². The van der Waals surface area contributed by atoms with E-state index in [4.69, 9.17) is 5.73 Å². The van der Waals surface area contributed by atoms with Gasteiger partial charge in [-0.15, -0.1) is 0 Å². The van der Waals surface area contributed by atoms with Gasteiger partial charge in [-0.25, -0.2) is 4.98 Å². The minimum atomic E-state index is 0.0269. The Balaban J connectivity index is 1.92. The molecule has 0 aliphatic heterocycles. The van der Waals surface area contributed by atoms with E-state index in [9.17, 15) is 4.79 Å². The van der Waals surface area contributed by atoms with Crippen LogP contribution in [0.1, 0.15) is 25.1 Å². The number of hydrogen-bond donors (Lipinski definition) is 2. The lowest BCUT2D eigenvalue weighted by atomic mass is 10.1. The van der Waals surface area contributed by atoms with Crippen molar-refractivity contribution in [1.82, 2.24) is 9.36 Å². The number of carbonyl (C=O) groups is 1. The molecule has 5 nitrogen and oxygen atoms in total. The summed E-state index contributed by atoms with van der Waals surface area (Å²) in [4.78, 5) is 15.8. The highest BCUT2D eigenvalue weighted by Crippen LogP contribution is 2.25. The van der Waals surface area contributed by atoms with Crippen molar-refractivity contribution in [3.8, 4) is 0 Å². The highest BCUT2D eigenvalue weighted by molar-refractivity contribution is 7.09. The zero-order chi connectivity index (χ0) is 10.8. The molecule has 0 bridgehead atoms. The topological polar surface area (TPSA) is 80.9 Å². The number of nitrogens with two attached hydrogens (primary N) is 1. The second-order valence-electron chi connectivity index (χ2n) is 3.91. The molecule has 2 atom stereocenters. The van der Waals surface area contributed by atoms with Crippen molar-refractivity contribution in [2.24, 2.45) is 11.7 Å². The lowest BCUT2D eigenvalue weighted by Gasteiger charge is -2.07. The van der Waals surface area contributed by atoms with Crippen LogP contribution < -0.4 is 11.1 Å². The number of aryl methyl sites for hydroxylation is 1. The normalized spacial score (nSPS) is 25.5. The monoisotopic (exact) mass is 226 g/mol. The van der Waals surface area contributed by atoms with Crippen molar-refractivity contribution in [2.75, 3.05) is 5.32 Å². The summed E-state index contributed by atoms with van der Waals surface area (Å²) in [6, 6.07) is 0.178. The summed E-state index contributed by atoms with van der Waals surface area (Å²) in [5.41, 5.74) is 5.76. The summed E-state index contributed by atoms with van der Waals surface area (Å²) in [7, 11) is 0. The summed E-state index contributed by atoms with van der Waals surface area (Å²) < 4.78 is 4.00. The van der Waals surface area contributed by atoms with E-state index in [1.165, 1.54) is 11.5 Å². The number of rotatable bonds is 2. The van der Waals surface area contributed by atoms with Crippen LogP contribution in [-0.4, -0.2) is 21.3 Å². The van der Waals surface area contributed by atoms with Gasteiger partial charge in [0.05, 0.1) is 0 Å². The summed E-state index contributed by atoms with van der Waals surface area (Å²) >= 11 is 1.21. The molecule has 1 aliphatic rings. The number of hydrogen-bond acceptors (Lipinski definition) is 5. The van der Waals surface area contributed by atoms with Crippen LogP contribution in [0.3, 0.4) is 0 Å². The number of aromatic nitrogens is 2. The molecule has 0 radical (unpaired) electrons. The Bertz CT molecular complexity index is 365. The Morgan fingerprint density at radius 1 is 1.60 bits per heavy atom. The van der Waals surface area contributed by atoms with Crippen LogP contribution in [0, 0.1) is 12.8 Å². The maximum atomic E-state index is 11.7. The summed E-state index contributed by atoms with van der Waals surface area (Å²) in [5, 5.41) is 3.36. The Hall–Kier alpha value is -1.01. The van der Waals surface area contributed by atoms with Crippen LogP contribution in [0.15, 0.2) is 0 Å². The third-order valence-electron chi connectivity index (χ3n) is 2.60. The maximum Gasteiger partial charge on any atom is 0.229 e. The first-order valence-electron chi connectivity index (χ1n) is 5.02. The lowest BCUT2D eigenvalue weighted by Crippen LogP contribution is -2.23. The highest BCUT2D eigenvalue weighted by atomic mass is 32.1. The number of anilines is 1. The van der Waals surface area contributed by atoms with Crippen LogP contribution in [0.25, 0.3) is 0 Å². The molecule has 82 valence electrons. The van der Waals surface area contributed by atoms with Gasteiger partial charge in [-0.3, -0.25) is 4.79 Å². The summed E-state index contributed by atoms with van der Waals surface area (Å²) in [6.07, 6.45) is 2.60. The van der Waals surface area contributed by atoms with E-state index in [2.05, 4.69) is 14.7 Å². The van der Waals surface area contributed by atoms with Gasteiger partial charge in [0.1, 0.15) is 5.82 Å². The predicted molar refractivity (Wildman–Crippen MR) is 58.6 cm³/mol. The van der Waals surface area contributed by atoms with Crippen molar-refractivity contribution >= 4 is 22.6 Å². The maximum absolute atomic E-state index is 11.7. The Morgan fingerprint density at radius 2 is 2.40 bits per heavy atom. The third kappa shape index (κ3) is 2.51. The lowest BCUT2D eigenvalue weighted by molar-refractivity contribution is -0.119. The SMILES string of the molecule is Cc1nsc(NC(=O)C2CCC(N)C2)n1. The minimum absolute atomic E-state index is 0.0269. The first-order valence-corrected chi connectivity index (χ1v) is 5.79. The van der Waals surface area contributed by atoms with Crippen LogP contribution in [0.2, 0.25) is 0 Å². The molecule has 0 spiro atoms. The van der Waals surface area contributed by atoms with Gasteiger partial charge >= 0.3 is 0 Å². The van der Waals surface area contributed by atoms with E-state index in [0.717, 1.165) is 19.3 Å². The average molecular weight is 226 g/mol. The summed E-state index contributed by atoms with van der Waals surface area (Å²) in [5.74, 6) is 0.765. The fraction of sp³-hybridized carbons (Fsp3) is 0.667. The Labute approximate surface area is 92.3 Å². The van der Waals surface area contributed by atoms with E-state index in [0.29, 0.717) is 11.0 Å². The van der Waals surface area contributed by atoms with Crippen molar-refractivity contribution < 1.29 is 4.79 Å². The molecule has 1 aromatic heterocycles. The van der Waals surface area contributed by atoms with Crippen LogP contribution in [0.4, 0.5) is 5.13 Å². The number of nitrogens with zero attached hydrogens (tertiary/aromatic N) is 2. The van der Waals surface area contributed by atoms with Gasteiger partial charge in [-0.1, -0.05) is 0 Å². The van der Waals surface area contributed by atoms with Gasteiger partial charge in [0.2, 0.25) is 11.0 Å². The third-order valence-corrected chi connectivity index (χ3v) is 3.32. The van der Waals surface area contributed by atoms with E-state index in [1.807, 2.05) is 0 Å². The second kappa shape index (κ2) is 4.24. The predicted octanol–water partition coefficient (Wildman–Crippen LogP) is 0.912. The Kier molecular flexibility index (Phi) is 2.97. The molecule has 0 aromatic carbocycles. The standard InChI is InChI=1S/C9H14N4OS/c1-5-11-9(15-13-5)12-8(14)6-2-3-7(10)4-6/h6-7H,2-4,10H2,1H3,(H,11,12,13,14). The molecule has 1 saturated carbocycles. The zero-order valence-corrected chi connectivity index (χ0v) is 9.38. The molecule has 1 amide bonds. The van der Waals surface area contributed by atoms with Gasteiger partial charge < -0.3 is 11.1 Å². The second-order valence-corrected chi connectivity index (χ2v) is 4.66. The van der Waals surface area contributed by atoms with Gasteiger partial charge in [-0.05, 0) is 26.2 Å². The van der Waals surface area contributed by atoms with Crippen molar-refractivity contribution in [3.63, 3.8) is 0 Å². The highest BCUT2D eigenvalue weighted by Gasteiger charge is 2.28. The van der Waals surface area contributed by atoms with Crippen molar-refractivity contribution in [2.45, 2.75) is 32.2 Å². The van der Waals surface area contributed by atoms with Crippen LogP contribution >= 0.6 is 11.5 Å². The zero-order valence-electron chi connectivity index (χ0n) is 8.56. The molecule has 1 aliphatic carbocycles. The molecule has 15 heavy (non-hydrogen) atoms. The summed E-state index contributed by atoms with van der Waals surface area (Å²) in [6.45, 7) is 1.80. The first kappa shape index (κ1) is 10.5. The fourth-order valence-electron chi connectivity index (χ4n) is 1.81. The van der Waals surface area contributed by atoms with Crippen LogP contribution in [0.5, 0.6) is 0 Å². The van der Waals surface area contributed by atoms with Gasteiger partial charge in [0.25, 0.3) is 0 Å². The molecule has 2 unspecified atom stereocenters. The molecule has 6 heteroatoms. The first-order chi connectivity index (χ1) is 7.15. The molecule has 0 saturated heterocycles. The molecular formula is C9H14N4OS. The van der Waals surface area contributed by atoms with Crippen molar-refractivity contribution in [1.29, 1.82) is 0 Å². The van der Waals surface area contributed by atoms with Gasteiger partial charge in [0, 0.05) is 23.5 Å². The van der Waals surface area contributed by atoms with E-state index < -0.39 is 0 Å². The van der Waals surface area contributed by atoms with Gasteiger partial charge in [-0.2, -0.15) is 4.37 Å². The number of nitrogens with one attached hydrogen (secondary N) is 1. The van der Waals surface area contributed by atoms with Crippen LogP contribution in [-0.2, 0) is 4.79 Å². The molecule has 1 fully saturated rings. The minimum Gasteiger partial charge on any atom is -0.328 e. The number of carbonyl (C=O) groups excluding carboxylic acids is 1. The molecule has 2 rings (SSSR count). The number of amides is 1. The van der Waals surface area contributed by atoms with E-state index >= 15 is 0 Å². The molecule has 3 N–H and O–H groups in total. The molecule has 1 aromatic rings. The van der Waals surface area contributed by atoms with E-state index in [1.54, 1.807) is 6.92 Å². The molecular weight excluding hydrogens is 212 g/mol. The Morgan fingerprint density at radius 3 is 2.93 bits per heavy atom. The quantitative estimate of drug-likeness (QED) is 0.785.